The van der Waals surface area contributed by atoms with E-state index in [2.05, 4.69) is 9.97 Å². The Morgan fingerprint density at radius 2 is 1.81 bits per heavy atom. The minimum Gasteiger partial charge on any atom is -0.383 e. The van der Waals surface area contributed by atoms with Gasteiger partial charge in [0.25, 0.3) is 5.56 Å². The molecule has 5 heteroatoms. The fraction of sp³-hybridized carbons (Fsp3) is 0.375. The number of nitrogens with one attached hydrogen (secondary N) is 1. The number of anilines is 1. The van der Waals surface area contributed by atoms with Crippen molar-refractivity contribution in [2.24, 2.45) is 0 Å². The van der Waals surface area contributed by atoms with E-state index in [0.717, 1.165) is 5.56 Å². The molecule has 0 spiro atoms. The average molecular weight is 289 g/mol. The van der Waals surface area contributed by atoms with Crippen molar-refractivity contribution in [2.45, 2.75) is 39.0 Å². The highest BCUT2D eigenvalue weighted by Crippen LogP contribution is 2.29. The van der Waals surface area contributed by atoms with Crippen LogP contribution in [-0.2, 0) is 5.41 Å². The Labute approximate surface area is 123 Å². The van der Waals surface area contributed by atoms with Crippen molar-refractivity contribution in [2.75, 3.05) is 5.73 Å². The van der Waals surface area contributed by atoms with E-state index >= 15 is 0 Å². The number of aromatic amines is 1. The molecule has 21 heavy (non-hydrogen) atoms. The van der Waals surface area contributed by atoms with Gasteiger partial charge >= 0.3 is 0 Å². The lowest BCUT2D eigenvalue weighted by Gasteiger charge is -2.25. The van der Waals surface area contributed by atoms with Gasteiger partial charge in [-0.05, 0) is 37.5 Å². The molecule has 2 rings (SSSR count). The van der Waals surface area contributed by atoms with Gasteiger partial charge in [-0.2, -0.15) is 0 Å². The summed E-state index contributed by atoms with van der Waals surface area (Å²) in [7, 11) is 0. The summed E-state index contributed by atoms with van der Waals surface area (Å²) in [5.74, 6) is 0.426. The van der Waals surface area contributed by atoms with E-state index in [9.17, 15) is 9.18 Å². The lowest BCUT2D eigenvalue weighted by atomic mass is 9.83. The third-order valence-electron chi connectivity index (χ3n) is 3.72. The first-order valence-corrected chi connectivity index (χ1v) is 6.89. The molecular weight excluding hydrogens is 269 g/mol. The van der Waals surface area contributed by atoms with Crippen molar-refractivity contribution < 1.29 is 4.39 Å². The highest BCUT2D eigenvalue weighted by atomic mass is 19.1. The van der Waals surface area contributed by atoms with Crippen molar-refractivity contribution in [3.63, 3.8) is 0 Å². The van der Waals surface area contributed by atoms with Crippen LogP contribution in [0.1, 0.15) is 50.6 Å². The minimum atomic E-state index is -0.573. The van der Waals surface area contributed by atoms with Crippen molar-refractivity contribution in [3.05, 3.63) is 57.4 Å². The molecule has 0 amide bonds. The molecule has 1 aromatic carbocycles. The number of nitrogen functional groups attached to an aromatic ring is 1. The van der Waals surface area contributed by atoms with Gasteiger partial charge in [0.15, 0.2) is 0 Å². The predicted molar refractivity (Wildman–Crippen MR) is 81.9 cm³/mol. The Morgan fingerprint density at radius 3 is 2.29 bits per heavy atom. The zero-order chi connectivity index (χ0) is 15.8. The highest BCUT2D eigenvalue weighted by Gasteiger charge is 2.27. The number of H-pyrrole nitrogens is 1. The molecule has 2 aromatic rings. The smallest absolute Gasteiger partial charge is 0.256 e. The van der Waals surface area contributed by atoms with Gasteiger partial charge in [-0.3, -0.25) is 4.79 Å². The molecule has 1 heterocycles. The Morgan fingerprint density at radius 1 is 1.24 bits per heavy atom. The lowest BCUT2D eigenvalue weighted by Crippen LogP contribution is -2.29. The SMILES string of the molecule is CC(C)c1c(N)nc(C(C)(C)c2ccc(F)cc2)[nH]c1=O. The Bertz CT molecular complexity index is 702. The van der Waals surface area contributed by atoms with Crippen LogP contribution in [0.25, 0.3) is 0 Å². The second-order valence-corrected chi connectivity index (χ2v) is 6.00. The maximum absolute atomic E-state index is 13.1. The fourth-order valence-corrected chi connectivity index (χ4v) is 2.36. The van der Waals surface area contributed by atoms with E-state index in [1.165, 1.54) is 12.1 Å². The van der Waals surface area contributed by atoms with E-state index in [1.807, 2.05) is 27.7 Å². The van der Waals surface area contributed by atoms with E-state index < -0.39 is 5.41 Å². The van der Waals surface area contributed by atoms with Crippen LogP contribution in [0.3, 0.4) is 0 Å². The second kappa shape index (κ2) is 5.31. The molecular formula is C16H20FN3O. The average Bonchev–Trinajstić information content (AvgIpc) is 2.37. The van der Waals surface area contributed by atoms with Gasteiger partial charge in [-0.1, -0.05) is 26.0 Å². The molecule has 0 radical (unpaired) electrons. The highest BCUT2D eigenvalue weighted by molar-refractivity contribution is 5.42. The normalized spacial score (nSPS) is 11.9. The largest absolute Gasteiger partial charge is 0.383 e. The Kier molecular flexibility index (Phi) is 3.85. The molecule has 0 fully saturated rings. The molecule has 0 aliphatic rings. The second-order valence-electron chi connectivity index (χ2n) is 6.00. The monoisotopic (exact) mass is 289 g/mol. The molecule has 0 saturated carbocycles. The molecule has 112 valence electrons. The number of nitrogens with two attached hydrogens (primary N) is 1. The van der Waals surface area contributed by atoms with Crippen molar-refractivity contribution in [1.29, 1.82) is 0 Å². The van der Waals surface area contributed by atoms with Crippen molar-refractivity contribution in [1.82, 2.24) is 9.97 Å². The third-order valence-corrected chi connectivity index (χ3v) is 3.72. The van der Waals surface area contributed by atoms with E-state index in [0.29, 0.717) is 11.4 Å². The van der Waals surface area contributed by atoms with Gasteiger partial charge in [0.2, 0.25) is 0 Å². The van der Waals surface area contributed by atoms with Crippen LogP contribution in [0.2, 0.25) is 0 Å². The van der Waals surface area contributed by atoms with E-state index in [4.69, 9.17) is 5.73 Å². The minimum absolute atomic E-state index is 0.00392. The topological polar surface area (TPSA) is 71.8 Å². The summed E-state index contributed by atoms with van der Waals surface area (Å²) in [6.07, 6.45) is 0. The zero-order valence-corrected chi connectivity index (χ0v) is 12.7. The van der Waals surface area contributed by atoms with Crippen LogP contribution in [0.4, 0.5) is 10.2 Å². The number of nitrogens with zero attached hydrogens (tertiary/aromatic N) is 1. The summed E-state index contributed by atoms with van der Waals surface area (Å²) < 4.78 is 13.1. The molecule has 3 N–H and O–H groups in total. The van der Waals surface area contributed by atoms with Crippen LogP contribution in [0.15, 0.2) is 29.1 Å². The number of hydrogen-bond donors (Lipinski definition) is 2. The molecule has 4 nitrogen and oxygen atoms in total. The summed E-state index contributed by atoms with van der Waals surface area (Å²) in [5.41, 5.74) is 6.48. The Balaban J connectivity index is 2.55. The Hall–Kier alpha value is -2.17. The fourth-order valence-electron chi connectivity index (χ4n) is 2.36. The molecule has 0 bridgehead atoms. The van der Waals surface area contributed by atoms with Gasteiger partial charge in [0, 0.05) is 5.41 Å². The molecule has 0 aliphatic heterocycles. The number of halogens is 1. The molecule has 1 aromatic heterocycles. The zero-order valence-electron chi connectivity index (χ0n) is 12.7. The standard InChI is InChI=1S/C16H20FN3O/c1-9(2)12-13(18)19-15(20-14(12)21)16(3,4)10-5-7-11(17)8-6-10/h5-9H,1-4H3,(H3,18,19,20,21). The molecule has 0 saturated heterocycles. The van der Waals surface area contributed by atoms with Crippen LogP contribution >= 0.6 is 0 Å². The van der Waals surface area contributed by atoms with Gasteiger partial charge in [-0.15, -0.1) is 0 Å². The number of benzene rings is 1. The first-order chi connectivity index (χ1) is 9.73. The van der Waals surface area contributed by atoms with E-state index in [1.54, 1.807) is 12.1 Å². The number of aromatic nitrogens is 2. The van der Waals surface area contributed by atoms with E-state index in [-0.39, 0.29) is 23.1 Å². The summed E-state index contributed by atoms with van der Waals surface area (Å²) >= 11 is 0. The first kappa shape index (κ1) is 15.2. The van der Waals surface area contributed by atoms with Crippen LogP contribution in [0, 0.1) is 5.82 Å². The van der Waals surface area contributed by atoms with Gasteiger partial charge in [0.05, 0.1) is 5.56 Å². The summed E-state index contributed by atoms with van der Waals surface area (Å²) in [6, 6.07) is 6.14. The molecule has 0 unspecified atom stereocenters. The number of rotatable bonds is 3. The molecule has 0 atom stereocenters. The third kappa shape index (κ3) is 2.82. The lowest BCUT2D eigenvalue weighted by molar-refractivity contribution is 0.578. The predicted octanol–water partition coefficient (Wildman–Crippen LogP) is 2.94. The van der Waals surface area contributed by atoms with Crippen LogP contribution in [-0.4, -0.2) is 9.97 Å². The summed E-state index contributed by atoms with van der Waals surface area (Å²) in [4.78, 5) is 19.4. The van der Waals surface area contributed by atoms with Crippen molar-refractivity contribution >= 4 is 5.82 Å². The van der Waals surface area contributed by atoms with Gasteiger partial charge < -0.3 is 10.7 Å². The summed E-state index contributed by atoms with van der Waals surface area (Å²) in [5, 5.41) is 0. The molecule has 0 aliphatic carbocycles. The quantitative estimate of drug-likeness (QED) is 0.912. The van der Waals surface area contributed by atoms with Gasteiger partial charge in [0.1, 0.15) is 17.5 Å². The van der Waals surface area contributed by atoms with Crippen LogP contribution < -0.4 is 11.3 Å². The number of hydrogen-bond acceptors (Lipinski definition) is 3. The van der Waals surface area contributed by atoms with Gasteiger partial charge in [-0.25, -0.2) is 9.37 Å². The maximum atomic E-state index is 13.1. The summed E-state index contributed by atoms with van der Waals surface area (Å²) in [6.45, 7) is 7.61. The first-order valence-electron chi connectivity index (χ1n) is 6.89. The maximum Gasteiger partial charge on any atom is 0.256 e. The van der Waals surface area contributed by atoms with Crippen molar-refractivity contribution in [3.8, 4) is 0 Å². The van der Waals surface area contributed by atoms with Crippen LogP contribution in [0.5, 0.6) is 0 Å².